The van der Waals surface area contributed by atoms with Gasteiger partial charge in [-0.2, -0.15) is 0 Å². The van der Waals surface area contributed by atoms with Crippen LogP contribution in [-0.2, 0) is 0 Å². The summed E-state index contributed by atoms with van der Waals surface area (Å²) in [5.74, 6) is 0. The van der Waals surface area contributed by atoms with Gasteiger partial charge in [-0.1, -0.05) is 0 Å². The third-order valence-corrected chi connectivity index (χ3v) is 0. The van der Waals surface area contributed by atoms with Crippen LogP contribution in [0.15, 0.2) is 0 Å². The Balaban J connectivity index is 0. The van der Waals surface area contributed by atoms with E-state index < -0.39 is 0 Å². The van der Waals surface area contributed by atoms with Crippen LogP contribution in [0.4, 0.5) is 0 Å². The van der Waals surface area contributed by atoms with Gasteiger partial charge in [0.05, 0.1) is 0 Å². The van der Waals surface area contributed by atoms with E-state index in [0.29, 0.717) is 0 Å². The monoisotopic (exact) mass is 238 g/mol. The van der Waals surface area contributed by atoms with Gasteiger partial charge >= 0.3 is 88.7 Å². The fraction of sp³-hybridized carbons (Fsp3) is 0. The molecule has 18 valence electrons. The Bertz CT molecular complexity index is 3.25. The molecule has 0 heterocycles. The molecule has 0 spiro atoms. The van der Waals surface area contributed by atoms with Crippen LogP contribution in [0.1, 0.15) is 0 Å². The van der Waals surface area contributed by atoms with Crippen molar-refractivity contribution in [3.05, 3.63) is 0 Å². The molecular weight excluding hydrogens is 236 g/mol. The summed E-state index contributed by atoms with van der Waals surface area (Å²) in [6.07, 6.45) is 0. The molecule has 0 aromatic heterocycles. The van der Waals surface area contributed by atoms with Gasteiger partial charge in [-0.05, 0) is 0 Å². The number of rotatable bonds is 0. The van der Waals surface area contributed by atoms with Gasteiger partial charge in [-0.25, -0.2) is 0 Å². The zero-order chi connectivity index (χ0) is 0. The molecule has 0 unspecified atom stereocenters. The second-order valence-electron chi connectivity index (χ2n) is 0. The Morgan fingerprint density at radius 1 is 0.500 bits per heavy atom. The van der Waals surface area contributed by atoms with Crippen molar-refractivity contribution in [3.63, 3.8) is 0 Å². The summed E-state index contributed by atoms with van der Waals surface area (Å²) in [5, 5.41) is 0. The molecule has 0 aromatic carbocycles. The Morgan fingerprint density at radius 2 is 0.500 bits per heavy atom. The molecule has 4 heavy (non-hydrogen) atoms. The van der Waals surface area contributed by atoms with E-state index in [9.17, 15) is 0 Å². The number of hydrogen-bond donors (Lipinski definition) is 0. The molecule has 0 saturated heterocycles. The molecule has 0 aliphatic rings. The minimum absolute atomic E-state index is 0. The van der Waals surface area contributed by atoms with Crippen molar-refractivity contribution in [2.24, 2.45) is 0 Å². The number of hydrogen-bond acceptors (Lipinski definition) is 0. The zero-order valence-electron chi connectivity index (χ0n) is 0.289. The first-order valence-electron chi connectivity index (χ1n) is 0. The Morgan fingerprint density at radius 3 is 0.500 bits per heavy atom. The Hall–Kier alpha value is 4.25. The van der Waals surface area contributed by atoms with E-state index in [1.165, 1.54) is 0 Å². The molecule has 0 aromatic rings. The summed E-state index contributed by atoms with van der Waals surface area (Å²) >= 11 is 0. The van der Waals surface area contributed by atoms with Crippen molar-refractivity contribution in [2.75, 3.05) is 0 Å². The second-order valence-corrected chi connectivity index (χ2v) is 0. The molecule has 0 saturated carbocycles. The van der Waals surface area contributed by atoms with E-state index >= 15 is 0 Å². The molecule has 0 aliphatic carbocycles. The minimum atomic E-state index is 0. The van der Waals surface area contributed by atoms with Crippen LogP contribution in [0.25, 0.3) is 0 Å². The second kappa shape index (κ2) is 15.7. The van der Waals surface area contributed by atoms with Crippen LogP contribution in [-0.4, -0.2) is 88.7 Å². The predicted molar refractivity (Wildman–Crippen MR) is 21.4 cm³/mol. The summed E-state index contributed by atoms with van der Waals surface area (Å²) in [4.78, 5) is 0. The molecule has 0 atom stereocenters. The molecule has 0 amide bonds. The molecule has 0 nitrogen and oxygen atoms in total. The molecule has 0 aliphatic heterocycles. The summed E-state index contributed by atoms with van der Waals surface area (Å²) in [7, 11) is 0. The molecule has 0 radical (unpaired) electrons. The molecule has 0 bridgehead atoms. The van der Waals surface area contributed by atoms with Gasteiger partial charge in [0.1, 0.15) is 0 Å². The molecule has 0 fully saturated rings. The summed E-state index contributed by atoms with van der Waals surface area (Å²) in [6.45, 7) is 0. The Labute approximate surface area is 122 Å². The van der Waals surface area contributed by atoms with E-state index in [2.05, 4.69) is 0 Å². The first-order valence-corrected chi connectivity index (χ1v) is 0. The molecule has 0 rings (SSSR count). The van der Waals surface area contributed by atoms with Crippen LogP contribution in [0.5, 0.6) is 0 Å². The van der Waals surface area contributed by atoms with Crippen LogP contribution >= 0.6 is 0 Å². The van der Waals surface area contributed by atoms with Gasteiger partial charge in [-0.15, -0.1) is 0 Å². The zero-order valence-corrected chi connectivity index (χ0v) is 2.14. The van der Waals surface area contributed by atoms with Crippen molar-refractivity contribution in [2.45, 2.75) is 0 Å². The van der Waals surface area contributed by atoms with Crippen molar-refractivity contribution >= 4 is 88.7 Å². The maximum absolute atomic E-state index is 0. The summed E-state index contributed by atoms with van der Waals surface area (Å²) in [6, 6.07) is 0. The molecule has 0 N–H and O–H groups in total. The van der Waals surface area contributed by atoms with Gasteiger partial charge in [0.15, 0.2) is 0 Å². The first kappa shape index (κ1) is 24.0. The quantitative estimate of drug-likeness (QED) is 0.431. The SMILES string of the molecule is [Er].[NaH].[NaH].[NaH]. The fourth-order valence-electron chi connectivity index (χ4n) is 0. The molecular formula is H3ErNa3. The van der Waals surface area contributed by atoms with Crippen molar-refractivity contribution in [1.82, 2.24) is 0 Å². The van der Waals surface area contributed by atoms with Crippen LogP contribution < -0.4 is 0 Å². The van der Waals surface area contributed by atoms with Crippen LogP contribution in [0.2, 0.25) is 0 Å². The normalized spacial score (nSPS) is 0. The third-order valence-electron chi connectivity index (χ3n) is 0. The topological polar surface area (TPSA) is 0 Å². The van der Waals surface area contributed by atoms with E-state index in [4.69, 9.17) is 0 Å². The predicted octanol–water partition coefficient (Wildman–Crippen LogP) is -1.95. The average Bonchev–Trinajstić information content (AvgIpc) is 0. The van der Waals surface area contributed by atoms with Crippen LogP contribution in [0, 0.1) is 37.3 Å². The van der Waals surface area contributed by atoms with E-state index in [-0.39, 0.29) is 126 Å². The first-order chi connectivity index (χ1) is 0. The van der Waals surface area contributed by atoms with E-state index in [1.54, 1.807) is 0 Å². The Kier molecular flexibility index (Phi) is 94.1. The average molecular weight is 239 g/mol. The van der Waals surface area contributed by atoms with E-state index in [0.717, 1.165) is 0 Å². The standard InChI is InChI=1S/Er.3Na.3H. The fourth-order valence-corrected chi connectivity index (χ4v) is 0. The van der Waals surface area contributed by atoms with Gasteiger partial charge in [0, 0.05) is 37.3 Å². The van der Waals surface area contributed by atoms with Gasteiger partial charge in [-0.3, -0.25) is 0 Å². The van der Waals surface area contributed by atoms with Crippen molar-refractivity contribution in [1.29, 1.82) is 0 Å². The van der Waals surface area contributed by atoms with Crippen molar-refractivity contribution in [3.8, 4) is 0 Å². The third kappa shape index (κ3) is 9.54. The maximum atomic E-state index is 0. The van der Waals surface area contributed by atoms with E-state index in [1.807, 2.05) is 0 Å². The summed E-state index contributed by atoms with van der Waals surface area (Å²) < 4.78 is 0. The van der Waals surface area contributed by atoms with Gasteiger partial charge in [0.25, 0.3) is 0 Å². The summed E-state index contributed by atoms with van der Waals surface area (Å²) in [5.41, 5.74) is 0. The molecule has 4 heteroatoms. The van der Waals surface area contributed by atoms with Crippen molar-refractivity contribution < 1.29 is 37.3 Å². The van der Waals surface area contributed by atoms with Gasteiger partial charge in [0.2, 0.25) is 0 Å². The van der Waals surface area contributed by atoms with Crippen LogP contribution in [0.3, 0.4) is 0 Å². The van der Waals surface area contributed by atoms with Gasteiger partial charge < -0.3 is 0 Å².